The minimum Gasteiger partial charge on any atom is -0.344 e. The lowest BCUT2D eigenvalue weighted by Crippen LogP contribution is -2.43. The number of nitro benzene ring substituents is 1. The molecule has 0 spiro atoms. The van der Waals surface area contributed by atoms with Crippen LogP contribution in [-0.4, -0.2) is 27.4 Å². The van der Waals surface area contributed by atoms with Crippen molar-refractivity contribution < 1.29 is 9.72 Å². The molecule has 2 aromatic carbocycles. The monoisotopic (exact) mass is 369 g/mol. The van der Waals surface area contributed by atoms with Crippen molar-refractivity contribution in [3.8, 4) is 0 Å². The van der Waals surface area contributed by atoms with Gasteiger partial charge in [-0.3, -0.25) is 20.2 Å². The summed E-state index contributed by atoms with van der Waals surface area (Å²) in [6.07, 6.45) is 2.35. The Morgan fingerprint density at radius 3 is 2.58 bits per heavy atom. The summed E-state index contributed by atoms with van der Waals surface area (Å²) >= 11 is 5.44. The maximum absolute atomic E-state index is 12.4. The Morgan fingerprint density at radius 1 is 1.19 bits per heavy atom. The quantitative estimate of drug-likeness (QED) is 0.479. The molecule has 0 atom stereocenters. The standard InChI is InChI=1S/C19H19N3O3S/c23-18(16-7-4-8-17(11-16)22(24)25)20-19(26)21(13-15-9-10-15)12-14-5-2-1-3-6-14/h1-8,11,15H,9-10,12-13H2,(H,20,23,26). The number of thiocarbonyl (C=S) groups is 1. The van der Waals surface area contributed by atoms with Crippen LogP contribution in [0, 0.1) is 16.0 Å². The predicted octanol–water partition coefficient (Wildman–Crippen LogP) is 3.52. The van der Waals surface area contributed by atoms with Crippen LogP contribution in [0.15, 0.2) is 54.6 Å². The number of benzene rings is 2. The zero-order chi connectivity index (χ0) is 18.5. The molecule has 1 N–H and O–H groups in total. The molecule has 1 fully saturated rings. The summed E-state index contributed by atoms with van der Waals surface area (Å²) < 4.78 is 0. The second-order valence-electron chi connectivity index (χ2n) is 6.38. The second-order valence-corrected chi connectivity index (χ2v) is 6.76. The third-order valence-electron chi connectivity index (χ3n) is 4.22. The molecular formula is C19H19N3O3S. The van der Waals surface area contributed by atoms with Gasteiger partial charge in [0, 0.05) is 30.8 Å². The van der Waals surface area contributed by atoms with Crippen molar-refractivity contribution in [1.29, 1.82) is 0 Å². The molecular weight excluding hydrogens is 350 g/mol. The number of non-ortho nitro benzene ring substituents is 1. The molecule has 0 aliphatic heterocycles. The number of carbonyl (C=O) groups excluding carboxylic acids is 1. The molecule has 1 amide bonds. The number of nitrogens with one attached hydrogen (secondary N) is 1. The normalized spacial score (nSPS) is 13.1. The van der Waals surface area contributed by atoms with Crippen LogP contribution in [0.25, 0.3) is 0 Å². The number of carbonyl (C=O) groups is 1. The average molecular weight is 369 g/mol. The summed E-state index contributed by atoms with van der Waals surface area (Å²) in [5.41, 5.74) is 1.20. The van der Waals surface area contributed by atoms with Crippen molar-refractivity contribution >= 4 is 28.9 Å². The zero-order valence-electron chi connectivity index (χ0n) is 14.1. The number of nitrogens with zero attached hydrogens (tertiary/aromatic N) is 2. The molecule has 0 heterocycles. The Bertz CT molecular complexity index is 822. The third-order valence-corrected chi connectivity index (χ3v) is 4.58. The van der Waals surface area contributed by atoms with Gasteiger partial charge in [0.1, 0.15) is 0 Å². The van der Waals surface area contributed by atoms with E-state index in [-0.39, 0.29) is 11.3 Å². The summed E-state index contributed by atoms with van der Waals surface area (Å²) in [5, 5.41) is 13.9. The lowest BCUT2D eigenvalue weighted by atomic mass is 10.2. The number of amides is 1. The van der Waals surface area contributed by atoms with E-state index < -0.39 is 10.8 Å². The minimum absolute atomic E-state index is 0.123. The highest BCUT2D eigenvalue weighted by Crippen LogP contribution is 2.30. The van der Waals surface area contributed by atoms with Gasteiger partial charge in [-0.25, -0.2) is 0 Å². The van der Waals surface area contributed by atoms with Crippen molar-refractivity contribution in [1.82, 2.24) is 10.2 Å². The van der Waals surface area contributed by atoms with Gasteiger partial charge in [0.25, 0.3) is 11.6 Å². The van der Waals surface area contributed by atoms with Crippen molar-refractivity contribution in [2.75, 3.05) is 6.54 Å². The Balaban J connectivity index is 1.69. The van der Waals surface area contributed by atoms with Gasteiger partial charge in [0.2, 0.25) is 0 Å². The topological polar surface area (TPSA) is 75.5 Å². The fourth-order valence-corrected chi connectivity index (χ4v) is 2.88. The highest BCUT2D eigenvalue weighted by Gasteiger charge is 2.26. The van der Waals surface area contributed by atoms with Crippen LogP contribution in [0.4, 0.5) is 5.69 Å². The maximum Gasteiger partial charge on any atom is 0.270 e. The van der Waals surface area contributed by atoms with Gasteiger partial charge < -0.3 is 4.90 Å². The van der Waals surface area contributed by atoms with Crippen molar-refractivity contribution in [2.24, 2.45) is 5.92 Å². The van der Waals surface area contributed by atoms with Crippen LogP contribution in [0.5, 0.6) is 0 Å². The lowest BCUT2D eigenvalue weighted by Gasteiger charge is -2.25. The highest BCUT2D eigenvalue weighted by molar-refractivity contribution is 7.80. The predicted molar refractivity (Wildman–Crippen MR) is 103 cm³/mol. The van der Waals surface area contributed by atoms with Crippen LogP contribution in [0.3, 0.4) is 0 Å². The molecule has 1 aliphatic rings. The van der Waals surface area contributed by atoms with Crippen LogP contribution in [0.1, 0.15) is 28.8 Å². The molecule has 0 saturated heterocycles. The number of hydrogen-bond acceptors (Lipinski definition) is 4. The van der Waals surface area contributed by atoms with E-state index in [0.717, 1.165) is 12.1 Å². The summed E-state index contributed by atoms with van der Waals surface area (Å²) in [5.74, 6) is 0.166. The molecule has 134 valence electrons. The first-order valence-electron chi connectivity index (χ1n) is 8.41. The smallest absolute Gasteiger partial charge is 0.270 e. The number of rotatable bonds is 6. The third kappa shape index (κ3) is 4.86. The molecule has 2 aromatic rings. The summed E-state index contributed by atoms with van der Waals surface area (Å²) in [6.45, 7) is 1.41. The van der Waals surface area contributed by atoms with E-state index in [4.69, 9.17) is 12.2 Å². The first kappa shape index (κ1) is 18.0. The fourth-order valence-electron chi connectivity index (χ4n) is 2.64. The van der Waals surface area contributed by atoms with E-state index >= 15 is 0 Å². The molecule has 0 unspecified atom stereocenters. The van der Waals surface area contributed by atoms with Gasteiger partial charge in [0.15, 0.2) is 5.11 Å². The summed E-state index contributed by atoms with van der Waals surface area (Å²) in [4.78, 5) is 24.8. The van der Waals surface area contributed by atoms with Crippen LogP contribution < -0.4 is 5.32 Å². The van der Waals surface area contributed by atoms with E-state index in [0.29, 0.717) is 17.6 Å². The van der Waals surface area contributed by atoms with Gasteiger partial charge in [-0.2, -0.15) is 0 Å². The zero-order valence-corrected chi connectivity index (χ0v) is 14.9. The van der Waals surface area contributed by atoms with Crippen LogP contribution in [-0.2, 0) is 6.54 Å². The Morgan fingerprint density at radius 2 is 1.92 bits per heavy atom. The lowest BCUT2D eigenvalue weighted by molar-refractivity contribution is -0.384. The molecule has 0 bridgehead atoms. The van der Waals surface area contributed by atoms with Gasteiger partial charge in [-0.15, -0.1) is 0 Å². The van der Waals surface area contributed by atoms with Crippen molar-refractivity contribution in [3.05, 3.63) is 75.8 Å². The number of nitro groups is 1. The fraction of sp³-hybridized carbons (Fsp3) is 0.263. The Hall–Kier alpha value is -2.80. The van der Waals surface area contributed by atoms with Gasteiger partial charge >= 0.3 is 0 Å². The summed E-state index contributed by atoms with van der Waals surface area (Å²) in [6, 6.07) is 15.6. The highest BCUT2D eigenvalue weighted by atomic mass is 32.1. The average Bonchev–Trinajstić information content (AvgIpc) is 3.46. The van der Waals surface area contributed by atoms with E-state index in [1.807, 2.05) is 35.2 Å². The Kier molecular flexibility index (Phi) is 5.58. The van der Waals surface area contributed by atoms with Gasteiger partial charge in [-0.1, -0.05) is 36.4 Å². The van der Waals surface area contributed by atoms with E-state index in [2.05, 4.69) is 5.32 Å². The second kappa shape index (κ2) is 8.05. The molecule has 7 heteroatoms. The van der Waals surface area contributed by atoms with Crippen molar-refractivity contribution in [2.45, 2.75) is 19.4 Å². The van der Waals surface area contributed by atoms with Crippen molar-refractivity contribution in [3.63, 3.8) is 0 Å². The van der Waals surface area contributed by atoms with E-state index in [1.165, 1.54) is 37.1 Å². The van der Waals surface area contributed by atoms with Gasteiger partial charge in [0.05, 0.1) is 4.92 Å². The van der Waals surface area contributed by atoms with E-state index in [9.17, 15) is 14.9 Å². The van der Waals surface area contributed by atoms with Gasteiger partial charge in [-0.05, 0) is 42.6 Å². The summed E-state index contributed by atoms with van der Waals surface area (Å²) in [7, 11) is 0. The minimum atomic E-state index is -0.524. The first-order chi connectivity index (χ1) is 12.5. The molecule has 0 radical (unpaired) electrons. The van der Waals surface area contributed by atoms with Crippen LogP contribution >= 0.6 is 12.2 Å². The maximum atomic E-state index is 12.4. The Labute approximate surface area is 157 Å². The molecule has 1 saturated carbocycles. The van der Waals surface area contributed by atoms with E-state index in [1.54, 1.807) is 0 Å². The first-order valence-corrected chi connectivity index (χ1v) is 8.82. The molecule has 26 heavy (non-hydrogen) atoms. The molecule has 1 aliphatic carbocycles. The molecule has 3 rings (SSSR count). The van der Waals surface area contributed by atoms with Crippen LogP contribution in [0.2, 0.25) is 0 Å². The number of hydrogen-bond donors (Lipinski definition) is 1. The molecule has 6 nitrogen and oxygen atoms in total. The SMILES string of the molecule is O=C(NC(=S)N(Cc1ccccc1)CC1CC1)c1cccc([N+](=O)[O-])c1. The largest absolute Gasteiger partial charge is 0.344 e. The molecule has 0 aromatic heterocycles.